The average Bonchev–Trinajstić information content (AvgIpc) is 2.87. The zero-order valence-corrected chi connectivity index (χ0v) is 21.1. The third-order valence-corrected chi connectivity index (χ3v) is 5.21. The highest BCUT2D eigenvalue weighted by Crippen LogP contribution is 2.29. The van der Waals surface area contributed by atoms with Gasteiger partial charge in [0.1, 0.15) is 0 Å². The molecule has 10 nitrogen and oxygen atoms in total. The molecule has 0 radical (unpaired) electrons. The highest BCUT2D eigenvalue weighted by molar-refractivity contribution is 6.08. The zero-order valence-electron chi connectivity index (χ0n) is 21.1. The van der Waals surface area contributed by atoms with Crippen molar-refractivity contribution in [3.8, 4) is 0 Å². The van der Waals surface area contributed by atoms with Crippen LogP contribution in [0.2, 0.25) is 0 Å². The van der Waals surface area contributed by atoms with Crippen molar-refractivity contribution in [2.45, 2.75) is 13.8 Å². The molecule has 2 atom stereocenters. The molecule has 2 aliphatic rings. The monoisotopic (exact) mass is 502 g/mol. The SMILES string of the molecule is CCOC(=O)C(C=C1C=C(OC)C(=O)C(OC)=C1)C(C=C1C=C(OC)C(=O)C(OC)=C1)C(=O)OCC. The van der Waals surface area contributed by atoms with Crippen LogP contribution in [-0.4, -0.2) is 65.2 Å². The Labute approximate surface area is 209 Å². The Hall–Kier alpha value is -4.08. The number of hydrogen-bond donors (Lipinski definition) is 0. The molecule has 194 valence electrons. The Morgan fingerprint density at radius 3 is 1.14 bits per heavy atom. The van der Waals surface area contributed by atoms with Crippen molar-refractivity contribution < 1.29 is 47.6 Å². The summed E-state index contributed by atoms with van der Waals surface area (Å²) in [6, 6.07) is 0. The maximum atomic E-state index is 13.1. The summed E-state index contributed by atoms with van der Waals surface area (Å²) in [7, 11) is 5.33. The minimum Gasteiger partial charge on any atom is -0.492 e. The van der Waals surface area contributed by atoms with E-state index in [1.54, 1.807) is 13.8 Å². The molecule has 2 rings (SSSR count). The summed E-state index contributed by atoms with van der Waals surface area (Å²) in [5.41, 5.74) is 0.767. The quantitative estimate of drug-likeness (QED) is 0.389. The summed E-state index contributed by atoms with van der Waals surface area (Å²) in [6.45, 7) is 3.41. The van der Waals surface area contributed by atoms with Crippen molar-refractivity contribution in [2.75, 3.05) is 41.7 Å². The molecule has 0 aromatic heterocycles. The van der Waals surface area contributed by atoms with Gasteiger partial charge in [0.25, 0.3) is 11.6 Å². The normalized spacial score (nSPS) is 16.9. The highest BCUT2D eigenvalue weighted by atomic mass is 16.5. The lowest BCUT2D eigenvalue weighted by Crippen LogP contribution is -2.31. The van der Waals surface area contributed by atoms with E-state index in [1.807, 2.05) is 0 Å². The van der Waals surface area contributed by atoms with Gasteiger partial charge in [-0.2, -0.15) is 0 Å². The molecule has 0 bridgehead atoms. The summed E-state index contributed by atoms with van der Waals surface area (Å²) in [4.78, 5) is 50.8. The van der Waals surface area contributed by atoms with Gasteiger partial charge >= 0.3 is 11.9 Å². The number of ether oxygens (including phenoxy) is 6. The van der Waals surface area contributed by atoms with Gasteiger partial charge in [-0.15, -0.1) is 0 Å². The first-order chi connectivity index (χ1) is 17.2. The van der Waals surface area contributed by atoms with Crippen molar-refractivity contribution in [3.05, 3.63) is 70.6 Å². The van der Waals surface area contributed by atoms with E-state index in [0.717, 1.165) is 0 Å². The Balaban J connectivity index is 2.70. The Bertz CT molecular complexity index is 946. The standard InChI is InChI=1S/C26H30O10/c1-7-35-25(29)17(9-15-11-19(31-3)23(27)20(12-15)32-4)18(26(30)36-8-2)10-16-13-21(33-5)24(28)22(14-16)34-6/h9-14,17-18H,7-8H2,1-6H3. The Morgan fingerprint density at radius 1 is 0.639 bits per heavy atom. The van der Waals surface area contributed by atoms with E-state index in [4.69, 9.17) is 28.4 Å². The van der Waals surface area contributed by atoms with Crippen LogP contribution in [-0.2, 0) is 47.6 Å². The molecule has 10 heteroatoms. The molecule has 0 saturated heterocycles. The van der Waals surface area contributed by atoms with Gasteiger partial charge in [-0.25, -0.2) is 0 Å². The molecule has 0 N–H and O–H groups in total. The molecule has 0 aromatic rings. The fourth-order valence-electron chi connectivity index (χ4n) is 3.52. The van der Waals surface area contributed by atoms with E-state index >= 15 is 0 Å². The van der Waals surface area contributed by atoms with Crippen molar-refractivity contribution in [1.82, 2.24) is 0 Å². The summed E-state index contributed by atoms with van der Waals surface area (Å²) < 4.78 is 31.0. The van der Waals surface area contributed by atoms with Crippen LogP contribution in [0.25, 0.3) is 0 Å². The first kappa shape index (κ1) is 28.2. The predicted octanol–water partition coefficient (Wildman–Crippen LogP) is 2.48. The molecule has 2 unspecified atom stereocenters. The third-order valence-electron chi connectivity index (χ3n) is 5.21. The van der Waals surface area contributed by atoms with Crippen LogP contribution in [0.4, 0.5) is 0 Å². The van der Waals surface area contributed by atoms with Crippen molar-refractivity contribution in [3.63, 3.8) is 0 Å². The van der Waals surface area contributed by atoms with Gasteiger partial charge in [0.2, 0.25) is 0 Å². The van der Waals surface area contributed by atoms with Crippen LogP contribution in [0.3, 0.4) is 0 Å². The summed E-state index contributed by atoms with van der Waals surface area (Å²) in [6.07, 6.45) is 8.65. The lowest BCUT2D eigenvalue weighted by molar-refractivity contribution is -0.156. The molecule has 0 aliphatic heterocycles. The minimum absolute atomic E-state index is 0.000352. The number of carbonyl (C=O) groups is 4. The molecule has 0 spiro atoms. The smallest absolute Gasteiger partial charge is 0.314 e. The number of methoxy groups -OCH3 is 4. The summed E-state index contributed by atoms with van der Waals surface area (Å²) in [5, 5.41) is 0. The minimum atomic E-state index is -1.17. The zero-order chi connectivity index (χ0) is 26.8. The van der Waals surface area contributed by atoms with Crippen LogP contribution >= 0.6 is 0 Å². The number of ketones is 2. The lowest BCUT2D eigenvalue weighted by atomic mass is 9.86. The number of Topliss-reactive ketones (excluding diaryl/α,β-unsaturated/α-hetero) is 2. The van der Waals surface area contributed by atoms with Crippen LogP contribution in [0.15, 0.2) is 70.6 Å². The van der Waals surface area contributed by atoms with Crippen LogP contribution in [0.5, 0.6) is 0 Å². The van der Waals surface area contributed by atoms with Gasteiger partial charge in [-0.05, 0) is 49.3 Å². The number of hydrogen-bond acceptors (Lipinski definition) is 10. The van der Waals surface area contributed by atoms with E-state index in [9.17, 15) is 19.2 Å². The summed E-state index contributed by atoms with van der Waals surface area (Å²) >= 11 is 0. The number of carbonyl (C=O) groups excluding carboxylic acids is 4. The fourth-order valence-corrected chi connectivity index (χ4v) is 3.52. The van der Waals surface area contributed by atoms with Gasteiger partial charge in [-0.1, -0.05) is 12.2 Å². The van der Waals surface area contributed by atoms with Crippen molar-refractivity contribution >= 4 is 23.5 Å². The van der Waals surface area contributed by atoms with E-state index in [2.05, 4.69) is 0 Å². The molecule has 2 aliphatic carbocycles. The Morgan fingerprint density at radius 2 is 0.917 bits per heavy atom. The first-order valence-electron chi connectivity index (χ1n) is 11.1. The van der Waals surface area contributed by atoms with Gasteiger partial charge in [-0.3, -0.25) is 19.2 Å². The van der Waals surface area contributed by atoms with Gasteiger partial charge in [0.05, 0.1) is 53.5 Å². The summed E-state index contributed by atoms with van der Waals surface area (Å²) in [5.74, 6) is -4.66. The largest absolute Gasteiger partial charge is 0.492 e. The molecule has 0 heterocycles. The second-order valence-corrected chi connectivity index (χ2v) is 7.40. The van der Waals surface area contributed by atoms with Gasteiger partial charge in [0.15, 0.2) is 23.0 Å². The fraction of sp³-hybridized carbons (Fsp3) is 0.385. The number of esters is 2. The molecular formula is C26H30O10. The number of rotatable bonds is 11. The van der Waals surface area contributed by atoms with Crippen LogP contribution in [0, 0.1) is 11.8 Å². The molecule has 36 heavy (non-hydrogen) atoms. The molecule has 0 fully saturated rings. The van der Waals surface area contributed by atoms with Crippen LogP contribution in [0.1, 0.15) is 13.8 Å². The van der Waals surface area contributed by atoms with E-state index in [0.29, 0.717) is 11.1 Å². The van der Waals surface area contributed by atoms with Gasteiger partial charge < -0.3 is 28.4 Å². The lowest BCUT2D eigenvalue weighted by Gasteiger charge is -2.22. The first-order valence-corrected chi connectivity index (χ1v) is 11.1. The third kappa shape index (κ3) is 6.53. The molecule has 0 saturated carbocycles. The molecular weight excluding hydrogens is 472 g/mol. The second kappa shape index (κ2) is 13.1. The average molecular weight is 503 g/mol. The van der Waals surface area contributed by atoms with Crippen LogP contribution < -0.4 is 0 Å². The predicted molar refractivity (Wildman–Crippen MR) is 127 cm³/mol. The topological polar surface area (TPSA) is 124 Å². The second-order valence-electron chi connectivity index (χ2n) is 7.40. The molecule has 0 aromatic carbocycles. The van der Waals surface area contributed by atoms with Crippen molar-refractivity contribution in [2.24, 2.45) is 11.8 Å². The molecule has 0 amide bonds. The van der Waals surface area contributed by atoms with Crippen molar-refractivity contribution in [1.29, 1.82) is 0 Å². The van der Waals surface area contributed by atoms with E-state index in [-0.39, 0.29) is 36.3 Å². The highest BCUT2D eigenvalue weighted by Gasteiger charge is 2.35. The Kier molecular flexibility index (Phi) is 10.3. The van der Waals surface area contributed by atoms with E-state index in [1.165, 1.54) is 64.9 Å². The number of allylic oxidation sites excluding steroid dienone is 6. The van der Waals surface area contributed by atoms with E-state index < -0.39 is 35.3 Å². The maximum absolute atomic E-state index is 13.1. The maximum Gasteiger partial charge on any atom is 0.314 e. The van der Waals surface area contributed by atoms with Gasteiger partial charge in [0, 0.05) is 0 Å².